The van der Waals surface area contributed by atoms with Gasteiger partial charge in [0.2, 0.25) is 5.91 Å². The largest absolute Gasteiger partial charge is 0.391 e. The molecule has 0 heterocycles. The first-order valence-electron chi connectivity index (χ1n) is 10.1. The SMILES string of the molecule is CCCCNC(=O)[C@@H](CC(C)C)CC(O)C(N)CC1CCCCC1. The lowest BCUT2D eigenvalue weighted by molar-refractivity contribution is -0.126. The minimum atomic E-state index is -0.576. The number of amides is 1. The van der Waals surface area contributed by atoms with Crippen LogP contribution in [-0.2, 0) is 4.79 Å². The lowest BCUT2D eigenvalue weighted by atomic mass is 9.82. The van der Waals surface area contributed by atoms with E-state index in [1.165, 1.54) is 32.1 Å². The summed E-state index contributed by atoms with van der Waals surface area (Å²) in [6.07, 6.45) is 10.1. The molecule has 1 aliphatic rings. The van der Waals surface area contributed by atoms with Crippen LogP contribution in [0.2, 0.25) is 0 Å². The Balaban J connectivity index is 2.48. The molecule has 24 heavy (non-hydrogen) atoms. The van der Waals surface area contributed by atoms with Crippen molar-refractivity contribution in [2.45, 2.75) is 97.1 Å². The highest BCUT2D eigenvalue weighted by Crippen LogP contribution is 2.28. The molecule has 3 atom stereocenters. The Bertz CT molecular complexity index is 341. The van der Waals surface area contributed by atoms with Crippen LogP contribution in [0.15, 0.2) is 0 Å². The molecule has 1 aliphatic carbocycles. The number of aliphatic hydroxyl groups excluding tert-OH is 1. The van der Waals surface area contributed by atoms with E-state index in [0.29, 0.717) is 18.3 Å². The number of unbranched alkanes of at least 4 members (excludes halogenated alkanes) is 1. The maximum atomic E-state index is 12.4. The van der Waals surface area contributed by atoms with Crippen molar-refractivity contribution in [2.75, 3.05) is 6.54 Å². The van der Waals surface area contributed by atoms with Gasteiger partial charge in [-0.15, -0.1) is 0 Å². The number of aliphatic hydroxyl groups is 1. The molecule has 1 fully saturated rings. The monoisotopic (exact) mass is 340 g/mol. The van der Waals surface area contributed by atoms with Gasteiger partial charge in [0, 0.05) is 18.5 Å². The summed E-state index contributed by atoms with van der Waals surface area (Å²) in [5, 5.41) is 13.6. The van der Waals surface area contributed by atoms with Gasteiger partial charge in [-0.2, -0.15) is 0 Å². The van der Waals surface area contributed by atoms with E-state index < -0.39 is 6.10 Å². The van der Waals surface area contributed by atoms with Crippen LogP contribution >= 0.6 is 0 Å². The second kappa shape index (κ2) is 11.9. The number of nitrogens with one attached hydrogen (secondary N) is 1. The average Bonchev–Trinajstić information content (AvgIpc) is 2.54. The van der Waals surface area contributed by atoms with Gasteiger partial charge in [-0.1, -0.05) is 59.3 Å². The summed E-state index contributed by atoms with van der Waals surface area (Å²) < 4.78 is 0. The molecule has 0 bridgehead atoms. The second-order valence-corrected chi connectivity index (χ2v) is 8.18. The fraction of sp³-hybridized carbons (Fsp3) is 0.950. The summed E-state index contributed by atoms with van der Waals surface area (Å²) in [6, 6.07) is -0.203. The molecule has 0 aromatic rings. The van der Waals surface area contributed by atoms with Crippen LogP contribution in [0, 0.1) is 17.8 Å². The van der Waals surface area contributed by atoms with Crippen molar-refractivity contribution >= 4 is 5.91 Å². The van der Waals surface area contributed by atoms with Crippen molar-refractivity contribution in [3.8, 4) is 0 Å². The Hall–Kier alpha value is -0.610. The van der Waals surface area contributed by atoms with Gasteiger partial charge in [0.25, 0.3) is 0 Å². The van der Waals surface area contributed by atoms with Crippen LogP contribution in [0.1, 0.15) is 85.0 Å². The third kappa shape index (κ3) is 8.48. The first kappa shape index (κ1) is 21.4. The smallest absolute Gasteiger partial charge is 0.223 e. The molecule has 0 spiro atoms. The Morgan fingerprint density at radius 3 is 2.46 bits per heavy atom. The fourth-order valence-electron chi connectivity index (χ4n) is 3.84. The van der Waals surface area contributed by atoms with E-state index in [1.807, 2.05) is 0 Å². The van der Waals surface area contributed by atoms with Gasteiger partial charge in [0.15, 0.2) is 0 Å². The molecule has 1 saturated carbocycles. The lowest BCUT2D eigenvalue weighted by Gasteiger charge is -2.29. The fourth-order valence-corrected chi connectivity index (χ4v) is 3.84. The van der Waals surface area contributed by atoms with E-state index in [2.05, 4.69) is 26.1 Å². The maximum Gasteiger partial charge on any atom is 0.223 e. The molecule has 2 unspecified atom stereocenters. The number of rotatable bonds is 11. The highest BCUT2D eigenvalue weighted by atomic mass is 16.3. The van der Waals surface area contributed by atoms with Gasteiger partial charge in [0.05, 0.1) is 6.10 Å². The van der Waals surface area contributed by atoms with Gasteiger partial charge < -0.3 is 16.2 Å². The van der Waals surface area contributed by atoms with Crippen molar-refractivity contribution in [2.24, 2.45) is 23.5 Å². The lowest BCUT2D eigenvalue weighted by Crippen LogP contribution is -2.41. The topological polar surface area (TPSA) is 75.3 Å². The molecule has 4 N–H and O–H groups in total. The minimum Gasteiger partial charge on any atom is -0.391 e. The van der Waals surface area contributed by atoms with Crippen molar-refractivity contribution in [3.63, 3.8) is 0 Å². The second-order valence-electron chi connectivity index (χ2n) is 8.18. The van der Waals surface area contributed by atoms with Crippen molar-refractivity contribution in [1.29, 1.82) is 0 Å². The molecule has 0 aromatic carbocycles. The van der Waals surface area contributed by atoms with Crippen LogP contribution in [0.3, 0.4) is 0 Å². The number of carbonyl (C=O) groups excluding carboxylic acids is 1. The quantitative estimate of drug-likeness (QED) is 0.503. The predicted octanol–water partition coefficient (Wildman–Crippen LogP) is 3.61. The minimum absolute atomic E-state index is 0.0843. The Morgan fingerprint density at radius 1 is 1.21 bits per heavy atom. The highest BCUT2D eigenvalue weighted by molar-refractivity contribution is 5.78. The van der Waals surface area contributed by atoms with Crippen LogP contribution < -0.4 is 11.1 Å². The zero-order valence-corrected chi connectivity index (χ0v) is 16.1. The van der Waals surface area contributed by atoms with Gasteiger partial charge in [0.1, 0.15) is 0 Å². The van der Waals surface area contributed by atoms with Crippen molar-refractivity contribution in [3.05, 3.63) is 0 Å². The predicted molar refractivity (Wildman–Crippen MR) is 101 cm³/mol. The molecule has 4 nitrogen and oxygen atoms in total. The summed E-state index contributed by atoms with van der Waals surface area (Å²) in [6.45, 7) is 7.10. The molecule has 0 radical (unpaired) electrons. The maximum absolute atomic E-state index is 12.4. The third-order valence-electron chi connectivity index (χ3n) is 5.31. The first-order chi connectivity index (χ1) is 11.4. The number of nitrogens with two attached hydrogens (primary N) is 1. The van der Waals surface area contributed by atoms with Gasteiger partial charge in [-0.05, 0) is 37.5 Å². The molecule has 0 aliphatic heterocycles. The zero-order valence-electron chi connectivity index (χ0n) is 16.1. The summed E-state index contributed by atoms with van der Waals surface area (Å²) >= 11 is 0. The van der Waals surface area contributed by atoms with E-state index in [4.69, 9.17) is 5.73 Å². The normalized spacial score (nSPS) is 19.9. The average molecular weight is 341 g/mol. The number of carbonyl (C=O) groups is 1. The molecule has 1 amide bonds. The number of hydrogen-bond donors (Lipinski definition) is 3. The first-order valence-corrected chi connectivity index (χ1v) is 10.1. The molecule has 1 rings (SSSR count). The Labute approximate surface area is 149 Å². The standard InChI is InChI=1S/C20H40N2O2/c1-4-5-11-22-20(24)17(12-15(2)3)14-19(23)18(21)13-16-9-7-6-8-10-16/h15-19,23H,4-14,21H2,1-3H3,(H,22,24)/t17-,18?,19?/m0/s1. The van der Waals surface area contributed by atoms with E-state index in [-0.39, 0.29) is 17.9 Å². The summed E-state index contributed by atoms with van der Waals surface area (Å²) in [5.41, 5.74) is 6.27. The van der Waals surface area contributed by atoms with E-state index in [0.717, 1.165) is 32.2 Å². The molecular weight excluding hydrogens is 300 g/mol. The van der Waals surface area contributed by atoms with Crippen LogP contribution in [0.4, 0.5) is 0 Å². The zero-order chi connectivity index (χ0) is 17.9. The summed E-state index contributed by atoms with van der Waals surface area (Å²) in [7, 11) is 0. The van der Waals surface area contributed by atoms with E-state index in [1.54, 1.807) is 0 Å². The van der Waals surface area contributed by atoms with Gasteiger partial charge >= 0.3 is 0 Å². The third-order valence-corrected chi connectivity index (χ3v) is 5.31. The molecule has 142 valence electrons. The van der Waals surface area contributed by atoms with Gasteiger partial charge in [-0.25, -0.2) is 0 Å². The molecule has 4 heteroatoms. The van der Waals surface area contributed by atoms with Gasteiger partial charge in [-0.3, -0.25) is 4.79 Å². The summed E-state index contributed by atoms with van der Waals surface area (Å²) in [5.74, 6) is 1.05. The Morgan fingerprint density at radius 2 is 1.88 bits per heavy atom. The van der Waals surface area contributed by atoms with E-state index >= 15 is 0 Å². The van der Waals surface area contributed by atoms with Crippen LogP contribution in [0.5, 0.6) is 0 Å². The molecule has 0 aromatic heterocycles. The van der Waals surface area contributed by atoms with Crippen LogP contribution in [-0.4, -0.2) is 29.7 Å². The number of hydrogen-bond acceptors (Lipinski definition) is 3. The highest BCUT2D eigenvalue weighted by Gasteiger charge is 2.27. The van der Waals surface area contributed by atoms with Crippen molar-refractivity contribution < 1.29 is 9.90 Å². The van der Waals surface area contributed by atoms with E-state index in [9.17, 15) is 9.90 Å². The van der Waals surface area contributed by atoms with Crippen molar-refractivity contribution in [1.82, 2.24) is 5.32 Å². The summed E-state index contributed by atoms with van der Waals surface area (Å²) in [4.78, 5) is 12.4. The van der Waals surface area contributed by atoms with Crippen LogP contribution in [0.25, 0.3) is 0 Å². The molecule has 0 saturated heterocycles. The molecular formula is C20H40N2O2. The Kier molecular flexibility index (Phi) is 10.6.